The van der Waals surface area contributed by atoms with Gasteiger partial charge in [0.05, 0.1) is 16.4 Å². The van der Waals surface area contributed by atoms with Crippen LogP contribution >= 0.6 is 11.6 Å². The van der Waals surface area contributed by atoms with Gasteiger partial charge in [-0.05, 0) is 27.7 Å². The van der Waals surface area contributed by atoms with E-state index >= 15 is 0 Å². The summed E-state index contributed by atoms with van der Waals surface area (Å²) in [6.07, 6.45) is 2.16. The number of rotatable bonds is 5. The maximum absolute atomic E-state index is 6.20. The van der Waals surface area contributed by atoms with E-state index < -0.39 is 0 Å². The van der Waals surface area contributed by atoms with Crippen LogP contribution in [0, 0.1) is 6.92 Å². The van der Waals surface area contributed by atoms with Crippen molar-refractivity contribution in [1.29, 1.82) is 0 Å². The fraction of sp³-hybridized carbons (Fsp3) is 0.583. The van der Waals surface area contributed by atoms with E-state index in [9.17, 15) is 0 Å². The highest BCUT2D eigenvalue weighted by Gasteiger charge is 2.11. The lowest BCUT2D eigenvalue weighted by Gasteiger charge is -2.05. The number of nitrogens with one attached hydrogen (secondary N) is 1. The second-order valence-electron chi connectivity index (χ2n) is 4.07. The molecule has 0 aliphatic carbocycles. The number of allylic oxidation sites excluding steroid dienone is 1. The molecule has 0 saturated heterocycles. The highest BCUT2D eigenvalue weighted by Crippen LogP contribution is 2.19. The molecule has 90 valence electrons. The lowest BCUT2D eigenvalue weighted by Crippen LogP contribution is -2.17. The molecule has 1 aromatic heterocycles. The van der Waals surface area contributed by atoms with Crippen LogP contribution in [0.2, 0.25) is 5.02 Å². The molecule has 0 aliphatic rings. The quantitative estimate of drug-likeness (QED) is 0.635. The minimum Gasteiger partial charge on any atom is -0.308 e. The van der Waals surface area contributed by atoms with Gasteiger partial charge in [0.1, 0.15) is 0 Å². The van der Waals surface area contributed by atoms with E-state index in [-0.39, 0.29) is 0 Å². The van der Waals surface area contributed by atoms with Crippen molar-refractivity contribution in [3.05, 3.63) is 28.1 Å². The number of aromatic nitrogens is 2. The van der Waals surface area contributed by atoms with Gasteiger partial charge >= 0.3 is 0 Å². The number of hydrogen-bond donors (Lipinski definition) is 1. The first-order valence-electron chi connectivity index (χ1n) is 5.62. The first-order valence-corrected chi connectivity index (χ1v) is 6.00. The van der Waals surface area contributed by atoms with E-state index in [0.717, 1.165) is 36.0 Å². The van der Waals surface area contributed by atoms with Crippen LogP contribution in [0.25, 0.3) is 0 Å². The Morgan fingerprint density at radius 2 is 2.19 bits per heavy atom. The summed E-state index contributed by atoms with van der Waals surface area (Å²) in [6.45, 7) is 10.7. The minimum absolute atomic E-state index is 0.761. The lowest BCUT2D eigenvalue weighted by molar-refractivity contribution is 0.592. The van der Waals surface area contributed by atoms with Gasteiger partial charge in [0.25, 0.3) is 0 Å². The van der Waals surface area contributed by atoms with E-state index in [1.165, 1.54) is 5.57 Å². The van der Waals surface area contributed by atoms with Crippen LogP contribution in [0.3, 0.4) is 0 Å². The van der Waals surface area contributed by atoms with Crippen molar-refractivity contribution in [1.82, 2.24) is 15.1 Å². The fourth-order valence-corrected chi connectivity index (χ4v) is 1.71. The molecule has 3 nitrogen and oxygen atoms in total. The summed E-state index contributed by atoms with van der Waals surface area (Å²) >= 11 is 6.20. The number of aryl methyl sites for hydroxylation is 2. The maximum atomic E-state index is 6.20. The summed E-state index contributed by atoms with van der Waals surface area (Å²) in [5.74, 6) is 0. The van der Waals surface area contributed by atoms with E-state index in [0.29, 0.717) is 0 Å². The van der Waals surface area contributed by atoms with Crippen LogP contribution < -0.4 is 5.32 Å². The Kier molecular flexibility index (Phi) is 5.03. The van der Waals surface area contributed by atoms with Crippen molar-refractivity contribution < 1.29 is 0 Å². The molecule has 0 fully saturated rings. The molecule has 1 rings (SSSR count). The molecule has 1 aromatic rings. The van der Waals surface area contributed by atoms with Crippen molar-refractivity contribution in [2.24, 2.45) is 0 Å². The summed E-state index contributed by atoms with van der Waals surface area (Å²) < 4.78 is 1.95. The molecule has 0 spiro atoms. The normalized spacial score (nSPS) is 10.6. The van der Waals surface area contributed by atoms with E-state index in [4.69, 9.17) is 11.6 Å². The molecule has 0 radical (unpaired) electrons. The third-order valence-corrected chi connectivity index (χ3v) is 2.89. The van der Waals surface area contributed by atoms with E-state index in [1.807, 2.05) is 11.6 Å². The van der Waals surface area contributed by atoms with Gasteiger partial charge in [-0.3, -0.25) is 4.68 Å². The van der Waals surface area contributed by atoms with Crippen LogP contribution in [-0.2, 0) is 13.1 Å². The Bertz CT molecular complexity index is 376. The first-order chi connectivity index (χ1) is 7.56. The number of nitrogens with zero attached hydrogens (tertiary/aromatic N) is 2. The summed E-state index contributed by atoms with van der Waals surface area (Å²) in [5.41, 5.74) is 3.30. The second-order valence-corrected chi connectivity index (χ2v) is 4.45. The molecule has 0 unspecified atom stereocenters. The Morgan fingerprint density at radius 1 is 1.50 bits per heavy atom. The summed E-state index contributed by atoms with van der Waals surface area (Å²) in [7, 11) is 0. The first kappa shape index (κ1) is 13.3. The highest BCUT2D eigenvalue weighted by molar-refractivity contribution is 6.31. The summed E-state index contributed by atoms with van der Waals surface area (Å²) in [6, 6.07) is 0. The third-order valence-electron chi connectivity index (χ3n) is 2.40. The predicted molar refractivity (Wildman–Crippen MR) is 68.8 cm³/mol. The van der Waals surface area contributed by atoms with Gasteiger partial charge < -0.3 is 5.32 Å². The summed E-state index contributed by atoms with van der Waals surface area (Å²) in [4.78, 5) is 0. The van der Waals surface area contributed by atoms with Crippen molar-refractivity contribution in [3.63, 3.8) is 0 Å². The van der Waals surface area contributed by atoms with Crippen LogP contribution in [0.1, 0.15) is 32.2 Å². The molecule has 0 bridgehead atoms. The van der Waals surface area contributed by atoms with Crippen molar-refractivity contribution in [2.75, 3.05) is 6.54 Å². The van der Waals surface area contributed by atoms with Gasteiger partial charge in [-0.2, -0.15) is 5.10 Å². The zero-order chi connectivity index (χ0) is 12.1. The van der Waals surface area contributed by atoms with Crippen LogP contribution in [0.15, 0.2) is 11.6 Å². The number of halogens is 1. The highest BCUT2D eigenvalue weighted by atomic mass is 35.5. The van der Waals surface area contributed by atoms with Gasteiger partial charge in [-0.25, -0.2) is 0 Å². The van der Waals surface area contributed by atoms with Crippen LogP contribution in [-0.4, -0.2) is 16.3 Å². The molecule has 0 aromatic carbocycles. The topological polar surface area (TPSA) is 29.9 Å². The Hall–Kier alpha value is -0.800. The van der Waals surface area contributed by atoms with E-state index in [1.54, 1.807) is 0 Å². The Balaban J connectivity index is 2.62. The van der Waals surface area contributed by atoms with Crippen molar-refractivity contribution in [2.45, 2.75) is 40.8 Å². The van der Waals surface area contributed by atoms with Gasteiger partial charge in [0.15, 0.2) is 0 Å². The van der Waals surface area contributed by atoms with Crippen LogP contribution in [0.4, 0.5) is 0 Å². The number of hydrogen-bond acceptors (Lipinski definition) is 2. The van der Waals surface area contributed by atoms with Gasteiger partial charge in [-0.15, -0.1) is 0 Å². The molecular weight excluding hydrogens is 222 g/mol. The van der Waals surface area contributed by atoms with E-state index in [2.05, 4.69) is 37.3 Å². The smallest absolute Gasteiger partial charge is 0.0860 e. The monoisotopic (exact) mass is 241 g/mol. The molecule has 0 atom stereocenters. The molecule has 0 aliphatic heterocycles. The zero-order valence-corrected chi connectivity index (χ0v) is 11.2. The zero-order valence-electron chi connectivity index (χ0n) is 10.5. The standard InChI is InChI=1S/C12H20ClN3/c1-5-16-11(12(13)10(4)15-16)8-14-7-6-9(2)3/h6,14H,5,7-8H2,1-4H3. The minimum atomic E-state index is 0.761. The molecule has 4 heteroatoms. The predicted octanol–water partition coefficient (Wildman–Crippen LogP) is 2.92. The molecule has 16 heavy (non-hydrogen) atoms. The van der Waals surface area contributed by atoms with Crippen molar-refractivity contribution in [3.8, 4) is 0 Å². The largest absolute Gasteiger partial charge is 0.308 e. The summed E-state index contributed by atoms with van der Waals surface area (Å²) in [5, 5.41) is 8.50. The second kappa shape index (κ2) is 6.06. The Morgan fingerprint density at radius 3 is 2.75 bits per heavy atom. The average molecular weight is 242 g/mol. The van der Waals surface area contributed by atoms with Crippen molar-refractivity contribution >= 4 is 11.6 Å². The fourth-order valence-electron chi connectivity index (χ4n) is 1.50. The SMILES string of the molecule is CCn1nc(C)c(Cl)c1CNCC=C(C)C. The molecule has 0 saturated carbocycles. The maximum Gasteiger partial charge on any atom is 0.0860 e. The molecule has 0 amide bonds. The van der Waals surface area contributed by atoms with Crippen LogP contribution in [0.5, 0.6) is 0 Å². The molecule has 1 N–H and O–H groups in total. The van der Waals surface area contributed by atoms with Gasteiger partial charge in [0.2, 0.25) is 0 Å². The van der Waals surface area contributed by atoms with Gasteiger partial charge in [0, 0.05) is 19.6 Å². The lowest BCUT2D eigenvalue weighted by atomic mass is 10.3. The third kappa shape index (κ3) is 3.35. The molecular formula is C12H20ClN3. The Labute approximate surface area is 102 Å². The molecule has 1 heterocycles. The average Bonchev–Trinajstić information content (AvgIpc) is 2.50. The van der Waals surface area contributed by atoms with Gasteiger partial charge in [-0.1, -0.05) is 23.3 Å².